The topological polar surface area (TPSA) is 70.0 Å². The van der Waals surface area contributed by atoms with Crippen LogP contribution in [0.25, 0.3) is 0 Å². The van der Waals surface area contributed by atoms with Crippen LogP contribution in [0.4, 0.5) is 5.69 Å². The summed E-state index contributed by atoms with van der Waals surface area (Å²) in [6.07, 6.45) is 0. The highest BCUT2D eigenvalue weighted by Gasteiger charge is 2.47. The van der Waals surface area contributed by atoms with E-state index < -0.39 is 9.84 Å². The Morgan fingerprint density at radius 2 is 2.00 bits per heavy atom. The van der Waals surface area contributed by atoms with Gasteiger partial charge < -0.3 is 9.80 Å². The maximum Gasteiger partial charge on any atom is 0.232 e. The highest BCUT2D eigenvalue weighted by atomic mass is 35.5. The molecular weight excluding hydrogens is 370 g/mol. The molecule has 0 N–H and O–H groups in total. The van der Waals surface area contributed by atoms with Crippen LogP contribution in [0.5, 0.6) is 0 Å². The van der Waals surface area contributed by atoms with E-state index in [-0.39, 0.29) is 35.2 Å². The first-order valence-electron chi connectivity index (χ1n) is 7.43. The van der Waals surface area contributed by atoms with Gasteiger partial charge in [-0.05, 0) is 24.3 Å². The Hall–Kier alpha value is -1.25. The van der Waals surface area contributed by atoms with Gasteiger partial charge >= 0.3 is 0 Å². The maximum absolute atomic E-state index is 12.0. The Morgan fingerprint density at radius 1 is 1.33 bits per heavy atom. The Labute approximate surface area is 150 Å². The van der Waals surface area contributed by atoms with Crippen molar-refractivity contribution in [2.24, 2.45) is 4.99 Å². The van der Waals surface area contributed by atoms with Crippen LogP contribution in [0.15, 0.2) is 29.3 Å². The Morgan fingerprint density at radius 3 is 2.62 bits per heavy atom. The van der Waals surface area contributed by atoms with E-state index in [2.05, 4.69) is 4.99 Å². The minimum Gasteiger partial charge on any atom is -0.348 e. The number of amidine groups is 1. The molecule has 2 atom stereocenters. The van der Waals surface area contributed by atoms with E-state index in [4.69, 9.17) is 11.6 Å². The average molecular weight is 388 g/mol. The molecule has 0 aromatic heterocycles. The molecule has 9 heteroatoms. The van der Waals surface area contributed by atoms with Crippen molar-refractivity contribution in [3.63, 3.8) is 0 Å². The molecule has 3 rings (SSSR count). The molecular formula is C15H18ClN3O3S2. The van der Waals surface area contributed by atoms with Gasteiger partial charge in [0.25, 0.3) is 0 Å². The van der Waals surface area contributed by atoms with E-state index >= 15 is 0 Å². The van der Waals surface area contributed by atoms with Crippen LogP contribution in [0.3, 0.4) is 0 Å². The fourth-order valence-corrected chi connectivity index (χ4v) is 5.86. The number of hydrogen-bond acceptors (Lipinski definition) is 6. The van der Waals surface area contributed by atoms with E-state index in [1.54, 1.807) is 26.2 Å². The molecule has 2 aliphatic heterocycles. The van der Waals surface area contributed by atoms with Crippen molar-refractivity contribution in [1.29, 1.82) is 0 Å². The van der Waals surface area contributed by atoms with Gasteiger partial charge in [0.05, 0.1) is 29.3 Å². The summed E-state index contributed by atoms with van der Waals surface area (Å²) >= 11 is 7.29. The molecule has 130 valence electrons. The number of anilines is 1. The lowest BCUT2D eigenvalue weighted by molar-refractivity contribution is -0.125. The summed E-state index contributed by atoms with van der Waals surface area (Å²) in [7, 11) is 0.330. The van der Waals surface area contributed by atoms with Crippen LogP contribution in [0.1, 0.15) is 0 Å². The van der Waals surface area contributed by atoms with Crippen LogP contribution >= 0.6 is 23.4 Å². The van der Waals surface area contributed by atoms with E-state index in [0.717, 1.165) is 5.69 Å². The number of thioether (sulfide) groups is 1. The number of hydrogen-bond donors (Lipinski definition) is 0. The van der Waals surface area contributed by atoms with Gasteiger partial charge in [0.2, 0.25) is 5.91 Å². The van der Waals surface area contributed by atoms with Crippen LogP contribution < -0.4 is 4.90 Å². The van der Waals surface area contributed by atoms with Crippen molar-refractivity contribution in [3.8, 4) is 0 Å². The zero-order chi connectivity index (χ0) is 17.5. The normalized spacial score (nSPS) is 24.6. The van der Waals surface area contributed by atoms with Crippen molar-refractivity contribution < 1.29 is 13.2 Å². The summed E-state index contributed by atoms with van der Waals surface area (Å²) in [5.74, 6) is 0.397. The molecule has 6 nitrogen and oxygen atoms in total. The summed E-state index contributed by atoms with van der Waals surface area (Å²) in [6, 6.07) is 6.73. The lowest BCUT2D eigenvalue weighted by atomic mass is 10.1. The van der Waals surface area contributed by atoms with Crippen molar-refractivity contribution >= 4 is 50.0 Å². The molecule has 24 heavy (non-hydrogen) atoms. The molecule has 1 amide bonds. The van der Waals surface area contributed by atoms with Gasteiger partial charge in [0, 0.05) is 24.8 Å². The molecule has 0 spiro atoms. The minimum atomic E-state index is -3.08. The summed E-state index contributed by atoms with van der Waals surface area (Å²) in [5.41, 5.74) is 0.840. The van der Waals surface area contributed by atoms with Crippen LogP contribution in [0.2, 0.25) is 5.02 Å². The van der Waals surface area contributed by atoms with Gasteiger partial charge in [-0.3, -0.25) is 9.79 Å². The van der Waals surface area contributed by atoms with Crippen molar-refractivity contribution in [3.05, 3.63) is 29.3 Å². The van der Waals surface area contributed by atoms with Crippen LogP contribution in [-0.4, -0.2) is 67.8 Å². The van der Waals surface area contributed by atoms with E-state index in [1.165, 1.54) is 16.7 Å². The van der Waals surface area contributed by atoms with Crippen molar-refractivity contribution in [1.82, 2.24) is 4.90 Å². The predicted octanol–water partition coefficient (Wildman–Crippen LogP) is 1.50. The zero-order valence-corrected chi connectivity index (χ0v) is 15.7. The number of fused-ring (bicyclic) bond motifs is 1. The second-order valence-corrected chi connectivity index (χ2v) is 9.58. The number of rotatable bonds is 3. The summed E-state index contributed by atoms with van der Waals surface area (Å²) in [5, 5.41) is 1.31. The lowest BCUT2D eigenvalue weighted by Gasteiger charge is -2.26. The van der Waals surface area contributed by atoms with Gasteiger partial charge in [0.1, 0.15) is 0 Å². The molecule has 2 aliphatic rings. The molecule has 0 radical (unpaired) electrons. The summed E-state index contributed by atoms with van der Waals surface area (Å²) in [4.78, 5) is 19.9. The number of amides is 1. The lowest BCUT2D eigenvalue weighted by Crippen LogP contribution is -2.39. The van der Waals surface area contributed by atoms with Crippen LogP contribution in [0, 0.1) is 0 Å². The predicted molar refractivity (Wildman–Crippen MR) is 98.7 cm³/mol. The Balaban J connectivity index is 1.87. The molecule has 0 unspecified atom stereocenters. The molecule has 0 aliphatic carbocycles. The van der Waals surface area contributed by atoms with Gasteiger partial charge in [0.15, 0.2) is 15.0 Å². The largest absolute Gasteiger partial charge is 0.348 e. The van der Waals surface area contributed by atoms with Gasteiger partial charge in [-0.25, -0.2) is 8.42 Å². The fourth-order valence-electron chi connectivity index (χ4n) is 2.79. The highest BCUT2D eigenvalue weighted by molar-refractivity contribution is 8.14. The number of halogens is 1. The Kier molecular flexibility index (Phi) is 4.81. The standard InChI is InChI=1S/C15H18ClN3O3S2/c1-18(2)14(20)7-23-15-17-12-8-24(21,22)9-13(12)19(15)11-5-3-10(16)4-6-11/h3-6,12-13H,7-9H2,1-2H3/t12-,13-/m0/s1. The molecule has 0 saturated carbocycles. The van der Waals surface area contributed by atoms with Crippen molar-refractivity contribution in [2.45, 2.75) is 12.1 Å². The quantitative estimate of drug-likeness (QED) is 0.786. The third-order valence-electron chi connectivity index (χ3n) is 4.04. The zero-order valence-electron chi connectivity index (χ0n) is 13.3. The van der Waals surface area contributed by atoms with Gasteiger partial charge in [-0.15, -0.1) is 0 Å². The molecule has 1 aromatic rings. The number of carbonyl (C=O) groups is 1. The summed E-state index contributed by atoms with van der Waals surface area (Å²) in [6.45, 7) is 0. The first-order chi connectivity index (χ1) is 11.3. The maximum atomic E-state index is 12.0. The average Bonchev–Trinajstić information content (AvgIpc) is 2.97. The molecule has 1 saturated heterocycles. The van der Waals surface area contributed by atoms with Crippen molar-refractivity contribution in [2.75, 3.05) is 36.3 Å². The van der Waals surface area contributed by atoms with E-state index in [0.29, 0.717) is 10.2 Å². The third kappa shape index (κ3) is 3.55. The minimum absolute atomic E-state index is 0.0107. The second-order valence-electron chi connectivity index (χ2n) is 6.05. The Bertz CT molecular complexity index is 778. The number of carbonyl (C=O) groups excluding carboxylic acids is 1. The van der Waals surface area contributed by atoms with Gasteiger partial charge in [-0.1, -0.05) is 23.4 Å². The third-order valence-corrected chi connectivity index (χ3v) is 6.94. The molecule has 2 heterocycles. The smallest absolute Gasteiger partial charge is 0.232 e. The molecule has 1 fully saturated rings. The molecule has 1 aromatic carbocycles. The number of benzene rings is 1. The number of aliphatic imine (C=N–C) groups is 1. The van der Waals surface area contributed by atoms with E-state index in [1.807, 2.05) is 17.0 Å². The highest BCUT2D eigenvalue weighted by Crippen LogP contribution is 2.35. The summed E-state index contributed by atoms with van der Waals surface area (Å²) < 4.78 is 23.9. The van der Waals surface area contributed by atoms with E-state index in [9.17, 15) is 13.2 Å². The molecule has 0 bridgehead atoms. The monoisotopic (exact) mass is 387 g/mol. The first-order valence-corrected chi connectivity index (χ1v) is 10.6. The fraction of sp³-hybridized carbons (Fsp3) is 0.467. The van der Waals surface area contributed by atoms with Crippen LogP contribution in [-0.2, 0) is 14.6 Å². The first kappa shape index (κ1) is 17.6. The number of sulfone groups is 1. The number of nitrogens with zero attached hydrogens (tertiary/aromatic N) is 3. The second kappa shape index (κ2) is 6.57. The van der Waals surface area contributed by atoms with Gasteiger partial charge in [-0.2, -0.15) is 0 Å². The SMILES string of the molecule is CN(C)C(=O)CSC1=N[C@H]2CS(=O)(=O)C[C@@H]2N1c1ccc(Cl)cc1.